The third kappa shape index (κ3) is 2.82. The summed E-state index contributed by atoms with van der Waals surface area (Å²) < 4.78 is 0. The Kier molecular flexibility index (Phi) is 4.38. The molecule has 1 aliphatic rings. The van der Waals surface area contributed by atoms with E-state index in [0.717, 1.165) is 5.56 Å². The average Bonchev–Trinajstić information content (AvgIpc) is 2.82. The molecule has 1 saturated heterocycles. The van der Waals surface area contributed by atoms with Crippen LogP contribution in [0.5, 0.6) is 0 Å². The molecule has 0 spiro atoms. The molecule has 108 valence electrons. The first kappa shape index (κ1) is 14.9. The van der Waals surface area contributed by atoms with E-state index in [1.54, 1.807) is 17.8 Å². The molecule has 0 radical (unpaired) electrons. The van der Waals surface area contributed by atoms with Gasteiger partial charge in [0.25, 0.3) is 5.91 Å². The molecule has 2 rings (SSSR count). The van der Waals surface area contributed by atoms with Crippen LogP contribution < -0.4 is 0 Å². The third-order valence-corrected chi connectivity index (χ3v) is 5.01. The second kappa shape index (κ2) is 5.87. The summed E-state index contributed by atoms with van der Waals surface area (Å²) in [5.41, 5.74) is 1.56. The number of carboxylic acid groups (broad SMARTS) is 1. The van der Waals surface area contributed by atoms with Crippen molar-refractivity contribution in [2.75, 3.05) is 5.75 Å². The summed E-state index contributed by atoms with van der Waals surface area (Å²) in [6, 6.07) is 6.56. The topological polar surface area (TPSA) is 57.6 Å². The molecule has 1 amide bonds. The average molecular weight is 293 g/mol. The van der Waals surface area contributed by atoms with E-state index in [1.807, 2.05) is 39.0 Å². The molecule has 0 aliphatic carbocycles. The number of carboxylic acids is 1. The Morgan fingerprint density at radius 2 is 2.10 bits per heavy atom. The molecule has 20 heavy (non-hydrogen) atoms. The van der Waals surface area contributed by atoms with Gasteiger partial charge in [-0.15, -0.1) is 11.8 Å². The van der Waals surface area contributed by atoms with Gasteiger partial charge in [0, 0.05) is 11.3 Å². The van der Waals surface area contributed by atoms with Gasteiger partial charge in [0.1, 0.15) is 6.04 Å². The van der Waals surface area contributed by atoms with Crippen LogP contribution in [0.25, 0.3) is 0 Å². The SMILES string of the molecule is Cc1cccc(C(=O)N2C(C(=O)O)CSC2C(C)C)c1. The van der Waals surface area contributed by atoms with Crippen molar-refractivity contribution in [1.82, 2.24) is 4.90 Å². The first-order valence-corrected chi connectivity index (χ1v) is 7.70. The number of aliphatic carboxylic acids is 1. The summed E-state index contributed by atoms with van der Waals surface area (Å²) in [6.07, 6.45) is 0. The van der Waals surface area contributed by atoms with Gasteiger partial charge >= 0.3 is 5.97 Å². The van der Waals surface area contributed by atoms with E-state index in [9.17, 15) is 14.7 Å². The van der Waals surface area contributed by atoms with Crippen LogP contribution in [0.4, 0.5) is 0 Å². The van der Waals surface area contributed by atoms with Crippen LogP contribution in [0.2, 0.25) is 0 Å². The summed E-state index contributed by atoms with van der Waals surface area (Å²) in [5, 5.41) is 9.25. The second-order valence-corrected chi connectivity index (χ2v) is 6.55. The maximum absolute atomic E-state index is 12.7. The molecule has 1 N–H and O–H groups in total. The van der Waals surface area contributed by atoms with Crippen LogP contribution in [-0.2, 0) is 4.79 Å². The van der Waals surface area contributed by atoms with E-state index in [2.05, 4.69) is 0 Å². The van der Waals surface area contributed by atoms with Crippen LogP contribution in [0.3, 0.4) is 0 Å². The monoisotopic (exact) mass is 293 g/mol. The standard InChI is InChI=1S/C15H19NO3S/c1-9(2)14-16(12(8-20-14)15(18)19)13(17)11-6-4-5-10(3)7-11/h4-7,9,12,14H,8H2,1-3H3,(H,18,19). The number of thioether (sulfide) groups is 1. The molecule has 2 atom stereocenters. The van der Waals surface area contributed by atoms with E-state index in [0.29, 0.717) is 11.3 Å². The molecule has 5 heteroatoms. The Bertz CT molecular complexity index is 530. The molecule has 4 nitrogen and oxygen atoms in total. The summed E-state index contributed by atoms with van der Waals surface area (Å²) in [7, 11) is 0. The van der Waals surface area contributed by atoms with Crippen molar-refractivity contribution in [1.29, 1.82) is 0 Å². The Morgan fingerprint density at radius 1 is 1.40 bits per heavy atom. The van der Waals surface area contributed by atoms with E-state index >= 15 is 0 Å². The van der Waals surface area contributed by atoms with E-state index in [4.69, 9.17) is 0 Å². The minimum absolute atomic E-state index is 0.0795. The quantitative estimate of drug-likeness (QED) is 0.930. The summed E-state index contributed by atoms with van der Waals surface area (Å²) in [6.45, 7) is 5.95. The highest BCUT2D eigenvalue weighted by Crippen LogP contribution is 2.35. The zero-order chi connectivity index (χ0) is 14.9. The largest absolute Gasteiger partial charge is 0.480 e. The molecule has 2 unspecified atom stereocenters. The number of aryl methyl sites for hydroxylation is 1. The molecule has 1 aromatic rings. The highest BCUT2D eigenvalue weighted by atomic mass is 32.2. The summed E-state index contributed by atoms with van der Waals surface area (Å²) in [4.78, 5) is 25.6. The van der Waals surface area contributed by atoms with Gasteiger partial charge in [-0.3, -0.25) is 4.79 Å². The van der Waals surface area contributed by atoms with Crippen molar-refractivity contribution >= 4 is 23.6 Å². The lowest BCUT2D eigenvalue weighted by Crippen LogP contribution is -2.47. The summed E-state index contributed by atoms with van der Waals surface area (Å²) >= 11 is 1.55. The predicted molar refractivity (Wildman–Crippen MR) is 79.9 cm³/mol. The fourth-order valence-electron chi connectivity index (χ4n) is 2.42. The van der Waals surface area contributed by atoms with Gasteiger partial charge in [-0.2, -0.15) is 0 Å². The van der Waals surface area contributed by atoms with Crippen molar-refractivity contribution in [3.8, 4) is 0 Å². The minimum Gasteiger partial charge on any atom is -0.480 e. The van der Waals surface area contributed by atoms with Gasteiger partial charge in [0.2, 0.25) is 0 Å². The minimum atomic E-state index is -0.929. The number of amides is 1. The lowest BCUT2D eigenvalue weighted by molar-refractivity contribution is -0.141. The van der Waals surface area contributed by atoms with Gasteiger partial charge in [-0.05, 0) is 25.0 Å². The van der Waals surface area contributed by atoms with Gasteiger partial charge in [0.15, 0.2) is 0 Å². The maximum Gasteiger partial charge on any atom is 0.327 e. The van der Waals surface area contributed by atoms with Gasteiger partial charge in [-0.25, -0.2) is 4.79 Å². The number of benzene rings is 1. The second-order valence-electron chi connectivity index (χ2n) is 5.40. The molecular weight excluding hydrogens is 274 g/mol. The molecule has 0 bridgehead atoms. The molecule has 0 saturated carbocycles. The van der Waals surface area contributed by atoms with Crippen LogP contribution in [0.15, 0.2) is 24.3 Å². The highest BCUT2D eigenvalue weighted by Gasteiger charge is 2.43. The Labute approximate surface area is 123 Å². The Morgan fingerprint density at radius 3 is 2.65 bits per heavy atom. The van der Waals surface area contributed by atoms with Crippen LogP contribution in [0, 0.1) is 12.8 Å². The number of hydrogen-bond donors (Lipinski definition) is 1. The zero-order valence-corrected chi connectivity index (χ0v) is 12.7. The smallest absolute Gasteiger partial charge is 0.327 e. The Balaban J connectivity index is 2.34. The first-order chi connectivity index (χ1) is 9.41. The number of nitrogens with zero attached hydrogens (tertiary/aromatic N) is 1. The lowest BCUT2D eigenvalue weighted by Gasteiger charge is -2.29. The number of carbonyl (C=O) groups is 2. The van der Waals surface area contributed by atoms with Crippen molar-refractivity contribution in [2.24, 2.45) is 5.92 Å². The van der Waals surface area contributed by atoms with E-state index in [-0.39, 0.29) is 17.2 Å². The number of carbonyl (C=O) groups excluding carboxylic acids is 1. The third-order valence-electron chi connectivity index (χ3n) is 3.39. The van der Waals surface area contributed by atoms with Gasteiger partial charge in [-0.1, -0.05) is 31.5 Å². The van der Waals surface area contributed by atoms with Gasteiger partial charge < -0.3 is 10.0 Å². The zero-order valence-electron chi connectivity index (χ0n) is 11.9. The molecule has 1 heterocycles. The predicted octanol–water partition coefficient (Wildman–Crippen LogP) is 2.62. The van der Waals surface area contributed by atoms with Crippen LogP contribution in [-0.4, -0.2) is 39.1 Å². The maximum atomic E-state index is 12.7. The van der Waals surface area contributed by atoms with E-state index in [1.165, 1.54) is 4.90 Å². The molecule has 1 fully saturated rings. The molecule has 1 aromatic carbocycles. The van der Waals surface area contributed by atoms with Gasteiger partial charge in [0.05, 0.1) is 5.37 Å². The van der Waals surface area contributed by atoms with Crippen molar-refractivity contribution in [2.45, 2.75) is 32.2 Å². The molecule has 0 aromatic heterocycles. The molecule has 1 aliphatic heterocycles. The normalized spacial score (nSPS) is 22.3. The van der Waals surface area contributed by atoms with Crippen LogP contribution >= 0.6 is 11.8 Å². The van der Waals surface area contributed by atoms with E-state index < -0.39 is 12.0 Å². The molecular formula is C15H19NO3S. The number of hydrogen-bond acceptors (Lipinski definition) is 3. The van der Waals surface area contributed by atoms with Crippen molar-refractivity contribution in [3.63, 3.8) is 0 Å². The summed E-state index contributed by atoms with van der Waals surface area (Å²) in [5.74, 6) is -0.444. The lowest BCUT2D eigenvalue weighted by atomic mass is 10.1. The Hall–Kier alpha value is -1.49. The fourth-order valence-corrected chi connectivity index (χ4v) is 3.89. The van der Waals surface area contributed by atoms with Crippen molar-refractivity contribution in [3.05, 3.63) is 35.4 Å². The van der Waals surface area contributed by atoms with Crippen LogP contribution in [0.1, 0.15) is 29.8 Å². The number of rotatable bonds is 3. The first-order valence-electron chi connectivity index (χ1n) is 6.65. The van der Waals surface area contributed by atoms with Crippen molar-refractivity contribution < 1.29 is 14.7 Å². The fraction of sp³-hybridized carbons (Fsp3) is 0.467. The highest BCUT2D eigenvalue weighted by molar-refractivity contribution is 8.00.